The van der Waals surface area contributed by atoms with Gasteiger partial charge in [0.15, 0.2) is 0 Å². The van der Waals surface area contributed by atoms with E-state index in [9.17, 15) is 4.79 Å². The fourth-order valence-electron chi connectivity index (χ4n) is 4.39. The third-order valence-corrected chi connectivity index (χ3v) is 5.77. The maximum atomic E-state index is 12.6. The number of amides is 1. The van der Waals surface area contributed by atoms with Crippen LogP contribution in [0.2, 0.25) is 0 Å². The van der Waals surface area contributed by atoms with E-state index in [1.807, 2.05) is 18.5 Å². The first-order chi connectivity index (χ1) is 12.7. The van der Waals surface area contributed by atoms with Crippen molar-refractivity contribution in [3.8, 4) is 0 Å². The van der Waals surface area contributed by atoms with E-state index in [1.54, 1.807) is 12.5 Å². The van der Waals surface area contributed by atoms with E-state index in [0.29, 0.717) is 17.9 Å². The Morgan fingerprint density at radius 3 is 3.00 bits per heavy atom. The van der Waals surface area contributed by atoms with Gasteiger partial charge in [-0.15, -0.1) is 0 Å². The summed E-state index contributed by atoms with van der Waals surface area (Å²) in [7, 11) is 0. The fraction of sp³-hybridized carbons (Fsp3) is 0.579. The molecule has 7 heteroatoms. The van der Waals surface area contributed by atoms with Crippen molar-refractivity contribution in [1.82, 2.24) is 24.4 Å². The molecule has 1 saturated heterocycles. The van der Waals surface area contributed by atoms with E-state index >= 15 is 0 Å². The summed E-state index contributed by atoms with van der Waals surface area (Å²) < 4.78 is 2.09. The Bertz CT molecular complexity index is 752. The molecule has 1 saturated carbocycles. The van der Waals surface area contributed by atoms with Crippen LogP contribution in [0.5, 0.6) is 0 Å². The van der Waals surface area contributed by atoms with Crippen LogP contribution in [0.25, 0.3) is 0 Å². The summed E-state index contributed by atoms with van der Waals surface area (Å²) in [6.45, 7) is 4.61. The third kappa shape index (κ3) is 3.43. The molecule has 2 aromatic heterocycles. The van der Waals surface area contributed by atoms with Gasteiger partial charge in [0.25, 0.3) is 0 Å². The Kier molecular flexibility index (Phi) is 4.61. The molecule has 4 rings (SSSR count). The van der Waals surface area contributed by atoms with Crippen LogP contribution in [-0.2, 0) is 17.8 Å². The molecule has 2 fully saturated rings. The third-order valence-electron chi connectivity index (χ3n) is 5.77. The Morgan fingerprint density at radius 2 is 2.23 bits per heavy atom. The second-order valence-electron chi connectivity index (χ2n) is 7.55. The number of nitrogens with zero attached hydrogens (tertiary/aromatic N) is 5. The lowest BCUT2D eigenvalue weighted by molar-refractivity contribution is -0.131. The van der Waals surface area contributed by atoms with Crippen LogP contribution in [0, 0.1) is 5.41 Å². The highest BCUT2D eigenvalue weighted by Gasteiger charge is 2.49. The molecule has 0 bridgehead atoms. The predicted octanol–water partition coefficient (Wildman–Crippen LogP) is 2.12. The fourth-order valence-corrected chi connectivity index (χ4v) is 4.39. The van der Waals surface area contributed by atoms with E-state index in [-0.39, 0.29) is 5.91 Å². The standard InChI is InChI=1S/C19H26N6O/c1-2-17-21-7-10-24(17)8-4-18(26)25-9-5-19(13-25)11-15(12-19)23-16-3-6-20-14-22-16/h3,6-7,10,14-15H,2,4-5,8-9,11-13H2,1H3,(H,20,22,23). The number of carbonyl (C=O) groups is 1. The second-order valence-corrected chi connectivity index (χ2v) is 7.55. The van der Waals surface area contributed by atoms with Gasteiger partial charge < -0.3 is 14.8 Å². The first-order valence-electron chi connectivity index (χ1n) is 9.48. The van der Waals surface area contributed by atoms with Crippen molar-refractivity contribution < 1.29 is 4.79 Å². The summed E-state index contributed by atoms with van der Waals surface area (Å²) >= 11 is 0. The van der Waals surface area contributed by atoms with Crippen LogP contribution in [0.1, 0.15) is 38.4 Å². The quantitative estimate of drug-likeness (QED) is 0.860. The molecule has 2 aromatic rings. The number of carbonyl (C=O) groups excluding carboxylic acids is 1. The zero-order valence-electron chi connectivity index (χ0n) is 15.3. The normalized spacial score (nSPS) is 24.7. The highest BCUT2D eigenvalue weighted by molar-refractivity contribution is 5.76. The highest BCUT2D eigenvalue weighted by Crippen LogP contribution is 2.49. The van der Waals surface area contributed by atoms with Crippen molar-refractivity contribution >= 4 is 11.7 Å². The van der Waals surface area contributed by atoms with Crippen LogP contribution in [-0.4, -0.2) is 49.5 Å². The number of hydrogen-bond donors (Lipinski definition) is 1. The van der Waals surface area contributed by atoms with E-state index in [4.69, 9.17) is 0 Å². The molecule has 0 aromatic carbocycles. The van der Waals surface area contributed by atoms with Gasteiger partial charge in [-0.1, -0.05) is 6.92 Å². The highest BCUT2D eigenvalue weighted by atomic mass is 16.2. The minimum Gasteiger partial charge on any atom is -0.367 e. The number of anilines is 1. The molecule has 0 radical (unpaired) electrons. The molecule has 2 aliphatic rings. The lowest BCUT2D eigenvalue weighted by Gasteiger charge is -2.45. The van der Waals surface area contributed by atoms with Crippen LogP contribution < -0.4 is 5.32 Å². The van der Waals surface area contributed by atoms with Gasteiger partial charge in [-0.2, -0.15) is 0 Å². The Labute approximate surface area is 153 Å². The molecule has 0 atom stereocenters. The number of aromatic nitrogens is 4. The molecule has 1 spiro atoms. The molecule has 0 unspecified atom stereocenters. The van der Waals surface area contributed by atoms with Gasteiger partial charge in [-0.25, -0.2) is 15.0 Å². The van der Waals surface area contributed by atoms with Gasteiger partial charge in [0.1, 0.15) is 18.0 Å². The number of hydrogen-bond acceptors (Lipinski definition) is 5. The number of likely N-dealkylation sites (tertiary alicyclic amines) is 1. The molecule has 26 heavy (non-hydrogen) atoms. The number of nitrogens with one attached hydrogen (secondary N) is 1. The van der Waals surface area contributed by atoms with Crippen LogP contribution in [0.3, 0.4) is 0 Å². The van der Waals surface area contributed by atoms with Gasteiger partial charge in [-0.05, 0) is 30.7 Å². The summed E-state index contributed by atoms with van der Waals surface area (Å²) in [5.74, 6) is 2.20. The number of aryl methyl sites for hydroxylation is 2. The molecular weight excluding hydrogens is 328 g/mol. The first kappa shape index (κ1) is 17.0. The summed E-state index contributed by atoms with van der Waals surface area (Å²) in [6, 6.07) is 2.36. The minimum absolute atomic E-state index is 0.268. The molecule has 1 aliphatic heterocycles. The number of rotatable bonds is 6. The van der Waals surface area contributed by atoms with Crippen molar-refractivity contribution in [1.29, 1.82) is 0 Å². The summed E-state index contributed by atoms with van der Waals surface area (Å²) in [5, 5.41) is 3.47. The Balaban J connectivity index is 1.24. The van der Waals surface area contributed by atoms with E-state index < -0.39 is 0 Å². The van der Waals surface area contributed by atoms with E-state index in [1.165, 1.54) is 0 Å². The zero-order valence-corrected chi connectivity index (χ0v) is 15.3. The van der Waals surface area contributed by atoms with Gasteiger partial charge in [0.2, 0.25) is 5.91 Å². The number of imidazole rings is 1. The smallest absolute Gasteiger partial charge is 0.224 e. The van der Waals surface area contributed by atoms with Gasteiger partial charge in [-0.3, -0.25) is 4.79 Å². The van der Waals surface area contributed by atoms with Crippen molar-refractivity contribution in [3.63, 3.8) is 0 Å². The Morgan fingerprint density at radius 1 is 1.35 bits per heavy atom. The van der Waals surface area contributed by atoms with Crippen LogP contribution in [0.4, 0.5) is 5.82 Å². The Hall–Kier alpha value is -2.44. The second kappa shape index (κ2) is 7.05. The lowest BCUT2D eigenvalue weighted by atomic mass is 9.65. The molecule has 138 valence electrons. The van der Waals surface area contributed by atoms with E-state index in [2.05, 4.69) is 36.7 Å². The summed E-state index contributed by atoms with van der Waals surface area (Å²) in [5.41, 5.74) is 0.309. The largest absolute Gasteiger partial charge is 0.367 e. The maximum Gasteiger partial charge on any atom is 0.224 e. The average molecular weight is 354 g/mol. The average Bonchev–Trinajstić information content (AvgIpc) is 3.27. The lowest BCUT2D eigenvalue weighted by Crippen LogP contribution is -2.47. The van der Waals surface area contributed by atoms with Gasteiger partial charge in [0.05, 0.1) is 0 Å². The van der Waals surface area contributed by atoms with Crippen molar-refractivity contribution in [3.05, 3.63) is 36.8 Å². The van der Waals surface area contributed by atoms with Gasteiger partial charge in [0, 0.05) is 57.1 Å². The summed E-state index contributed by atoms with van der Waals surface area (Å²) in [4.78, 5) is 27.1. The van der Waals surface area contributed by atoms with Crippen LogP contribution >= 0.6 is 0 Å². The first-order valence-corrected chi connectivity index (χ1v) is 9.48. The molecule has 1 aliphatic carbocycles. The molecule has 1 amide bonds. The van der Waals surface area contributed by atoms with Crippen molar-refractivity contribution in [2.75, 3.05) is 18.4 Å². The summed E-state index contributed by atoms with van der Waals surface area (Å²) in [6.07, 6.45) is 11.9. The molecule has 3 heterocycles. The van der Waals surface area contributed by atoms with E-state index in [0.717, 1.165) is 57.0 Å². The topological polar surface area (TPSA) is 75.9 Å². The maximum absolute atomic E-state index is 12.6. The molecule has 1 N–H and O–H groups in total. The van der Waals surface area contributed by atoms with Gasteiger partial charge >= 0.3 is 0 Å². The SMILES string of the molecule is CCc1nccn1CCC(=O)N1CCC2(CC(Nc3ccncn3)C2)C1. The minimum atomic E-state index is 0.268. The van der Waals surface area contributed by atoms with Crippen LogP contribution in [0.15, 0.2) is 31.0 Å². The molecular formula is C19H26N6O. The zero-order chi connectivity index (χ0) is 18.0. The molecule has 7 nitrogen and oxygen atoms in total. The van der Waals surface area contributed by atoms with Crippen molar-refractivity contribution in [2.45, 2.75) is 51.6 Å². The van der Waals surface area contributed by atoms with Crippen molar-refractivity contribution in [2.24, 2.45) is 5.41 Å². The monoisotopic (exact) mass is 354 g/mol. The predicted molar refractivity (Wildman–Crippen MR) is 98.5 cm³/mol.